The van der Waals surface area contributed by atoms with Gasteiger partial charge in [0.15, 0.2) is 0 Å². The van der Waals surface area contributed by atoms with Crippen molar-refractivity contribution in [2.45, 2.75) is 10.8 Å². The number of aldehydes is 1. The number of aromatic nitrogens is 1. The van der Waals surface area contributed by atoms with Crippen LogP contribution in [0.4, 0.5) is 0 Å². The molecule has 0 N–H and O–H groups in total. The van der Waals surface area contributed by atoms with Crippen molar-refractivity contribution in [3.05, 3.63) is 71.8 Å². The van der Waals surface area contributed by atoms with Gasteiger partial charge in [0.25, 0.3) is 0 Å². The number of carbonyl (C=O) groups is 1. The Balaban J connectivity index is 1.74. The summed E-state index contributed by atoms with van der Waals surface area (Å²) in [5.74, 6) is 0.852. The van der Waals surface area contributed by atoms with Crippen LogP contribution >= 0.6 is 11.8 Å². The number of thioether (sulfide) groups is 1. The lowest BCUT2D eigenvalue weighted by Crippen LogP contribution is -1.86. The van der Waals surface area contributed by atoms with E-state index in [2.05, 4.69) is 17.1 Å². The smallest absolute Gasteiger partial charge is 0.150 e. The number of carbonyl (C=O) groups excluding carboxylic acids is 1. The molecule has 0 radical (unpaired) electrons. The van der Waals surface area contributed by atoms with Crippen molar-refractivity contribution >= 4 is 29.0 Å². The van der Waals surface area contributed by atoms with Gasteiger partial charge in [0.05, 0.1) is 10.5 Å². The van der Waals surface area contributed by atoms with Gasteiger partial charge in [0, 0.05) is 16.7 Å². The summed E-state index contributed by atoms with van der Waals surface area (Å²) in [7, 11) is 0. The van der Waals surface area contributed by atoms with Crippen molar-refractivity contribution in [3.63, 3.8) is 0 Å². The second-order valence-corrected chi connectivity index (χ2v) is 5.49. The number of rotatable bonds is 4. The first-order valence-electron chi connectivity index (χ1n) is 6.38. The monoisotopic (exact) mass is 279 g/mol. The van der Waals surface area contributed by atoms with Crippen molar-refractivity contribution in [1.29, 1.82) is 0 Å². The molecule has 20 heavy (non-hydrogen) atoms. The average Bonchev–Trinajstić information content (AvgIpc) is 2.53. The number of nitrogens with zero attached hydrogens (tertiary/aromatic N) is 1. The quantitative estimate of drug-likeness (QED) is 0.525. The number of hydrogen-bond acceptors (Lipinski definition) is 3. The van der Waals surface area contributed by atoms with Crippen LogP contribution in [0.15, 0.2) is 65.7 Å². The van der Waals surface area contributed by atoms with Crippen LogP contribution in [-0.2, 0) is 5.75 Å². The van der Waals surface area contributed by atoms with Gasteiger partial charge >= 0.3 is 0 Å². The minimum Gasteiger partial charge on any atom is -0.298 e. The summed E-state index contributed by atoms with van der Waals surface area (Å²) in [5.41, 5.74) is 2.92. The predicted octanol–water partition coefficient (Wildman–Crippen LogP) is 4.34. The summed E-state index contributed by atoms with van der Waals surface area (Å²) in [4.78, 5) is 15.2. The molecule has 0 fully saturated rings. The molecule has 2 aromatic carbocycles. The zero-order valence-corrected chi connectivity index (χ0v) is 11.6. The molecular formula is C17H13NOS. The van der Waals surface area contributed by atoms with E-state index in [-0.39, 0.29) is 0 Å². The van der Waals surface area contributed by atoms with Gasteiger partial charge in [-0.1, -0.05) is 48.5 Å². The van der Waals surface area contributed by atoms with Gasteiger partial charge in [-0.3, -0.25) is 4.79 Å². The Kier molecular flexibility index (Phi) is 3.79. The predicted molar refractivity (Wildman–Crippen MR) is 83.1 cm³/mol. The molecule has 0 amide bonds. The van der Waals surface area contributed by atoms with Crippen LogP contribution in [0.1, 0.15) is 15.9 Å². The fourth-order valence-corrected chi connectivity index (χ4v) is 2.81. The third-order valence-electron chi connectivity index (χ3n) is 3.08. The minimum atomic E-state index is 0.711. The molecule has 2 nitrogen and oxygen atoms in total. The van der Waals surface area contributed by atoms with Crippen molar-refractivity contribution in [1.82, 2.24) is 4.98 Å². The van der Waals surface area contributed by atoms with Crippen LogP contribution in [0, 0.1) is 0 Å². The van der Waals surface area contributed by atoms with Gasteiger partial charge in [-0.05, 0) is 17.7 Å². The Morgan fingerprint density at radius 2 is 1.75 bits per heavy atom. The summed E-state index contributed by atoms with van der Waals surface area (Å²) in [5, 5.41) is 2.18. The zero-order valence-electron chi connectivity index (χ0n) is 10.8. The van der Waals surface area contributed by atoms with Crippen LogP contribution in [-0.4, -0.2) is 11.3 Å². The highest BCUT2D eigenvalue weighted by Crippen LogP contribution is 2.23. The van der Waals surface area contributed by atoms with E-state index in [0.717, 1.165) is 28.0 Å². The van der Waals surface area contributed by atoms with E-state index in [1.807, 2.05) is 48.5 Å². The minimum absolute atomic E-state index is 0.711. The second-order valence-electron chi connectivity index (χ2n) is 4.49. The fraction of sp³-hybridized carbons (Fsp3) is 0.0588. The highest BCUT2D eigenvalue weighted by atomic mass is 32.2. The highest BCUT2D eigenvalue weighted by molar-refractivity contribution is 7.98. The molecule has 0 saturated carbocycles. The summed E-state index contributed by atoms with van der Waals surface area (Å²) in [6.07, 6.45) is 0.863. The molecule has 0 aliphatic carbocycles. The fourth-order valence-electron chi connectivity index (χ4n) is 1.98. The van der Waals surface area contributed by atoms with Crippen LogP contribution in [0.5, 0.6) is 0 Å². The Hall–Kier alpha value is -2.13. The summed E-state index contributed by atoms with van der Waals surface area (Å²) < 4.78 is 0. The Labute approximate surface area is 121 Å². The molecule has 3 rings (SSSR count). The molecule has 0 aliphatic heterocycles. The maximum absolute atomic E-state index is 10.6. The molecular weight excluding hydrogens is 266 g/mol. The molecule has 0 saturated heterocycles. The first-order valence-corrected chi connectivity index (χ1v) is 7.36. The lowest BCUT2D eigenvalue weighted by atomic mass is 10.2. The van der Waals surface area contributed by atoms with E-state index < -0.39 is 0 Å². The van der Waals surface area contributed by atoms with Gasteiger partial charge in [-0.2, -0.15) is 0 Å². The number of pyridine rings is 1. The van der Waals surface area contributed by atoms with Crippen LogP contribution in [0.25, 0.3) is 10.9 Å². The van der Waals surface area contributed by atoms with E-state index in [0.29, 0.717) is 5.56 Å². The maximum Gasteiger partial charge on any atom is 0.150 e. The molecule has 1 aromatic heterocycles. The zero-order chi connectivity index (χ0) is 13.8. The van der Waals surface area contributed by atoms with Crippen molar-refractivity contribution in [2.24, 2.45) is 0 Å². The van der Waals surface area contributed by atoms with Crippen LogP contribution < -0.4 is 0 Å². The van der Waals surface area contributed by atoms with Gasteiger partial charge in [-0.15, -0.1) is 11.8 Å². The lowest BCUT2D eigenvalue weighted by molar-refractivity contribution is 0.112. The third-order valence-corrected chi connectivity index (χ3v) is 4.08. The normalized spacial score (nSPS) is 10.6. The Morgan fingerprint density at radius 1 is 0.950 bits per heavy atom. The number of fused-ring (bicyclic) bond motifs is 1. The van der Waals surface area contributed by atoms with E-state index >= 15 is 0 Å². The number of hydrogen-bond donors (Lipinski definition) is 0. The van der Waals surface area contributed by atoms with E-state index in [1.165, 1.54) is 5.56 Å². The van der Waals surface area contributed by atoms with Crippen molar-refractivity contribution in [2.75, 3.05) is 0 Å². The molecule has 98 valence electrons. The van der Waals surface area contributed by atoms with Crippen molar-refractivity contribution in [3.8, 4) is 0 Å². The van der Waals surface area contributed by atoms with E-state index in [9.17, 15) is 4.79 Å². The topological polar surface area (TPSA) is 30.0 Å². The highest BCUT2D eigenvalue weighted by Gasteiger charge is 2.00. The third kappa shape index (κ3) is 2.89. The van der Waals surface area contributed by atoms with E-state index in [4.69, 9.17) is 0 Å². The molecule has 1 heterocycles. The van der Waals surface area contributed by atoms with Gasteiger partial charge in [0.2, 0.25) is 0 Å². The summed E-state index contributed by atoms with van der Waals surface area (Å²) >= 11 is 1.70. The SMILES string of the molecule is O=Cc1ccc(CSc2ccc3ccccc3n2)cc1. The average molecular weight is 279 g/mol. The summed E-state index contributed by atoms with van der Waals surface area (Å²) in [6, 6.07) is 19.9. The largest absolute Gasteiger partial charge is 0.298 e. The van der Waals surface area contributed by atoms with Crippen molar-refractivity contribution < 1.29 is 4.79 Å². The molecule has 0 aliphatic rings. The molecule has 0 atom stereocenters. The first kappa shape index (κ1) is 12.9. The Bertz CT molecular complexity index is 737. The first-order chi connectivity index (χ1) is 9.85. The van der Waals surface area contributed by atoms with Crippen LogP contribution in [0.2, 0.25) is 0 Å². The van der Waals surface area contributed by atoms with Gasteiger partial charge in [0.1, 0.15) is 6.29 Å². The van der Waals surface area contributed by atoms with E-state index in [1.54, 1.807) is 11.8 Å². The number of benzene rings is 2. The molecule has 3 aromatic rings. The maximum atomic E-state index is 10.6. The second kappa shape index (κ2) is 5.88. The molecule has 0 bridgehead atoms. The number of para-hydroxylation sites is 1. The Morgan fingerprint density at radius 3 is 2.55 bits per heavy atom. The lowest BCUT2D eigenvalue weighted by Gasteiger charge is -2.03. The summed E-state index contributed by atoms with van der Waals surface area (Å²) in [6.45, 7) is 0. The van der Waals surface area contributed by atoms with Gasteiger partial charge in [-0.25, -0.2) is 4.98 Å². The standard InChI is InChI=1S/C17H13NOS/c19-11-13-5-7-14(8-6-13)12-20-17-10-9-15-3-1-2-4-16(15)18-17/h1-11H,12H2. The van der Waals surface area contributed by atoms with Crippen LogP contribution in [0.3, 0.4) is 0 Å². The molecule has 0 spiro atoms. The molecule has 0 unspecified atom stereocenters. The van der Waals surface area contributed by atoms with Gasteiger partial charge < -0.3 is 0 Å². The molecule has 3 heteroatoms.